The first-order valence-electron chi connectivity index (χ1n) is 9.45. The Kier molecular flexibility index (Phi) is 4.97. The summed E-state index contributed by atoms with van der Waals surface area (Å²) in [6.07, 6.45) is 0.362. The zero-order chi connectivity index (χ0) is 20.6. The molecule has 0 amide bonds. The first-order chi connectivity index (χ1) is 13.9. The van der Waals surface area contributed by atoms with Crippen LogP contribution in [-0.2, 0) is 6.54 Å². The molecule has 8 heteroatoms. The van der Waals surface area contributed by atoms with Crippen LogP contribution in [0.25, 0.3) is 5.69 Å². The third kappa shape index (κ3) is 3.94. The molecule has 2 heterocycles. The van der Waals surface area contributed by atoms with Crippen LogP contribution in [0.5, 0.6) is 11.5 Å². The molecule has 0 unspecified atom stereocenters. The van der Waals surface area contributed by atoms with Crippen LogP contribution in [0.1, 0.15) is 22.8 Å². The fourth-order valence-corrected chi connectivity index (χ4v) is 3.82. The Balaban J connectivity index is 1.74. The summed E-state index contributed by atoms with van der Waals surface area (Å²) in [4.78, 5) is 14.8. The number of aliphatic imine (C=N–C) groups is 1. The Morgan fingerprint density at radius 3 is 2.48 bits per heavy atom. The third-order valence-electron chi connectivity index (χ3n) is 4.69. The van der Waals surface area contributed by atoms with Crippen molar-refractivity contribution in [2.45, 2.75) is 26.6 Å². The summed E-state index contributed by atoms with van der Waals surface area (Å²) in [6, 6.07) is 13.7. The molecule has 2 aromatic carbocycles. The number of nitrogens with zero attached hydrogens (tertiary/aromatic N) is 4. The zero-order valence-electron chi connectivity index (χ0n) is 17.0. The molecule has 150 valence electrons. The van der Waals surface area contributed by atoms with E-state index < -0.39 is 8.32 Å². The second-order valence-corrected chi connectivity index (χ2v) is 11.6. The lowest BCUT2D eigenvalue weighted by Crippen LogP contribution is -2.34. The van der Waals surface area contributed by atoms with Gasteiger partial charge in [0.1, 0.15) is 30.1 Å². The summed E-state index contributed by atoms with van der Waals surface area (Å²) >= 11 is 0. The molecule has 1 N–H and O–H groups in total. The molecule has 7 nitrogen and oxygen atoms in total. The number of methoxy groups -OCH3 is 1. The second-order valence-electron chi connectivity index (χ2n) is 7.67. The topological polar surface area (TPSA) is 81.8 Å². The lowest BCUT2D eigenvalue weighted by atomic mass is 10.00. The van der Waals surface area contributed by atoms with Crippen LogP contribution < -0.4 is 9.47 Å². The highest BCUT2D eigenvalue weighted by molar-refractivity contribution is 6.69. The number of hydrogen-bond acceptors (Lipinski definition) is 6. The van der Waals surface area contributed by atoms with Gasteiger partial charge in [0.15, 0.2) is 5.82 Å². The number of aromatic nitrogens is 3. The van der Waals surface area contributed by atoms with Crippen molar-refractivity contribution in [3.63, 3.8) is 0 Å². The molecule has 0 aliphatic carbocycles. The largest absolute Gasteiger partial charge is 0.497 e. The smallest absolute Gasteiger partial charge is 0.220 e. The van der Waals surface area contributed by atoms with Crippen LogP contribution >= 0.6 is 0 Å². The van der Waals surface area contributed by atoms with Crippen molar-refractivity contribution < 1.29 is 14.3 Å². The molecule has 0 radical (unpaired) electrons. The van der Waals surface area contributed by atoms with E-state index in [9.17, 15) is 4.80 Å². The van der Waals surface area contributed by atoms with Crippen molar-refractivity contribution in [1.82, 2.24) is 14.8 Å². The molecule has 0 saturated carbocycles. The lowest BCUT2D eigenvalue weighted by Gasteiger charge is -2.16. The van der Waals surface area contributed by atoms with Gasteiger partial charge in [0, 0.05) is 11.1 Å². The van der Waals surface area contributed by atoms with Crippen molar-refractivity contribution >= 4 is 14.0 Å². The van der Waals surface area contributed by atoms with E-state index in [1.54, 1.807) is 7.11 Å². The van der Waals surface area contributed by atoms with E-state index in [2.05, 4.69) is 10.2 Å². The predicted molar refractivity (Wildman–Crippen MR) is 114 cm³/mol. The molecule has 0 atom stereocenters. The van der Waals surface area contributed by atoms with Gasteiger partial charge in [-0.25, -0.2) is 0 Å². The molecule has 1 aromatic heterocycles. The first kappa shape index (κ1) is 19.3. The fourth-order valence-electron chi connectivity index (χ4n) is 3.30. The molecular weight excluding hydrogens is 384 g/mol. The zero-order valence-corrected chi connectivity index (χ0v) is 18.0. The average Bonchev–Trinajstić information content (AvgIpc) is 2.98. The lowest BCUT2D eigenvalue weighted by molar-refractivity contribution is 0.350. The van der Waals surface area contributed by atoms with Gasteiger partial charge in [-0.3, -0.25) is 9.56 Å². The molecule has 29 heavy (non-hydrogen) atoms. The maximum atomic E-state index is 9.98. The van der Waals surface area contributed by atoms with Gasteiger partial charge in [0.2, 0.25) is 8.32 Å². The molecular formula is C21H24N4O3Si. The second kappa shape index (κ2) is 7.45. The molecule has 4 rings (SSSR count). The first-order valence-corrected chi connectivity index (χ1v) is 12.6. The van der Waals surface area contributed by atoms with Crippen LogP contribution in [0.3, 0.4) is 0 Å². The van der Waals surface area contributed by atoms with E-state index in [4.69, 9.17) is 14.5 Å². The monoisotopic (exact) mass is 408 g/mol. The van der Waals surface area contributed by atoms with Crippen molar-refractivity contribution in [2.24, 2.45) is 4.99 Å². The maximum absolute atomic E-state index is 9.98. The molecule has 1 aliphatic rings. The van der Waals surface area contributed by atoms with Gasteiger partial charge in [0.05, 0.1) is 18.5 Å². The molecule has 0 saturated heterocycles. The van der Waals surface area contributed by atoms with E-state index in [0.29, 0.717) is 12.8 Å². The molecule has 0 bridgehead atoms. The summed E-state index contributed by atoms with van der Waals surface area (Å²) in [5.41, 5.74) is 3.78. The Hall–Kier alpha value is -2.97. The summed E-state index contributed by atoms with van der Waals surface area (Å²) in [7, 11) is -0.604. The summed E-state index contributed by atoms with van der Waals surface area (Å²) in [5, 5.41) is 8.49. The Bertz CT molecular complexity index is 1070. The predicted octanol–water partition coefficient (Wildman–Crippen LogP) is 3.05. The Morgan fingerprint density at radius 1 is 1.07 bits per heavy atom. The fraction of sp³-hybridized carbons (Fsp3) is 0.286. The van der Waals surface area contributed by atoms with Crippen LogP contribution in [0.2, 0.25) is 13.1 Å². The van der Waals surface area contributed by atoms with Crippen LogP contribution in [0.4, 0.5) is 0 Å². The van der Waals surface area contributed by atoms with Crippen LogP contribution in [0.15, 0.2) is 47.5 Å². The quantitative estimate of drug-likeness (QED) is 0.656. The van der Waals surface area contributed by atoms with E-state index in [1.165, 1.54) is 0 Å². The van der Waals surface area contributed by atoms with Crippen molar-refractivity contribution in [1.29, 1.82) is 0 Å². The SMILES string of the molecule is COc1ccc2c(c1)C(c1ccc(OC[Si](C)(C)O)cc1)=NCc1nnc(C)n1-2. The van der Waals surface area contributed by atoms with Crippen molar-refractivity contribution in [3.8, 4) is 17.2 Å². The summed E-state index contributed by atoms with van der Waals surface area (Å²) in [5.74, 6) is 3.12. The highest BCUT2D eigenvalue weighted by atomic mass is 28.4. The highest BCUT2D eigenvalue weighted by Crippen LogP contribution is 2.29. The Labute approximate surface area is 170 Å². The van der Waals surface area contributed by atoms with Crippen molar-refractivity contribution in [3.05, 3.63) is 65.2 Å². The summed E-state index contributed by atoms with van der Waals surface area (Å²) < 4.78 is 13.2. The van der Waals surface area contributed by atoms with E-state index in [1.807, 2.05) is 67.0 Å². The average molecular weight is 409 g/mol. The number of hydrogen-bond donors (Lipinski definition) is 1. The number of rotatable bonds is 5. The molecule has 1 aliphatic heterocycles. The standard InChI is InChI=1S/C21H24N4O3Si/c1-14-23-24-20-12-22-21(18-11-17(27-2)9-10-19(18)25(14)20)15-5-7-16(8-6-15)28-13-29(3,4)26/h5-11,26H,12-13H2,1-4H3. The van der Waals surface area contributed by atoms with Gasteiger partial charge >= 0.3 is 0 Å². The van der Waals surface area contributed by atoms with Gasteiger partial charge in [-0.15, -0.1) is 10.2 Å². The van der Waals surface area contributed by atoms with Gasteiger partial charge in [-0.2, -0.15) is 0 Å². The molecule has 3 aromatic rings. The van der Waals surface area contributed by atoms with E-state index >= 15 is 0 Å². The van der Waals surface area contributed by atoms with Gasteiger partial charge in [-0.1, -0.05) is 0 Å². The van der Waals surface area contributed by atoms with Gasteiger partial charge in [0.25, 0.3) is 0 Å². The summed E-state index contributed by atoms with van der Waals surface area (Å²) in [6.45, 7) is 6.08. The van der Waals surface area contributed by atoms with Gasteiger partial charge < -0.3 is 14.3 Å². The normalized spacial score (nSPS) is 13.2. The Morgan fingerprint density at radius 2 is 1.79 bits per heavy atom. The van der Waals surface area contributed by atoms with Crippen LogP contribution in [-0.4, -0.2) is 46.9 Å². The minimum atomic E-state index is -2.26. The minimum absolute atomic E-state index is 0.362. The van der Waals surface area contributed by atoms with Gasteiger partial charge in [-0.05, 0) is 62.5 Å². The maximum Gasteiger partial charge on any atom is 0.220 e. The number of benzene rings is 2. The number of ether oxygens (including phenoxy) is 2. The number of fused-ring (bicyclic) bond motifs is 3. The molecule has 0 spiro atoms. The van der Waals surface area contributed by atoms with Crippen LogP contribution in [0, 0.1) is 6.92 Å². The third-order valence-corrected chi connectivity index (χ3v) is 5.54. The number of aryl methyl sites for hydroxylation is 1. The van der Waals surface area contributed by atoms with E-state index in [-0.39, 0.29) is 0 Å². The minimum Gasteiger partial charge on any atom is -0.497 e. The van der Waals surface area contributed by atoms with E-state index in [0.717, 1.165) is 45.7 Å². The molecule has 0 fully saturated rings. The highest BCUT2D eigenvalue weighted by Gasteiger charge is 2.22. The van der Waals surface area contributed by atoms with Crippen molar-refractivity contribution in [2.75, 3.05) is 13.3 Å².